The van der Waals surface area contributed by atoms with Crippen molar-refractivity contribution in [1.29, 1.82) is 0 Å². The fraction of sp³-hybridized carbons (Fsp3) is 0.636. The molecule has 0 aliphatic heterocycles. The summed E-state index contributed by atoms with van der Waals surface area (Å²) in [6, 6.07) is 0. The van der Waals surface area contributed by atoms with Crippen molar-refractivity contribution < 1.29 is 4.79 Å². The second-order valence-corrected chi connectivity index (χ2v) is 4.77. The molecule has 7 heteroatoms. The molecule has 0 saturated carbocycles. The molecule has 1 rings (SSSR count). The van der Waals surface area contributed by atoms with Gasteiger partial charge in [-0.2, -0.15) is 0 Å². The smallest absolute Gasteiger partial charge is 0.272 e. The summed E-state index contributed by atoms with van der Waals surface area (Å²) in [6.07, 6.45) is 5.32. The first-order valence-corrected chi connectivity index (χ1v) is 6.78. The zero-order valence-corrected chi connectivity index (χ0v) is 11.8. The van der Waals surface area contributed by atoms with E-state index in [0.717, 1.165) is 32.1 Å². The number of hydrogen-bond acceptors (Lipinski definition) is 4. The summed E-state index contributed by atoms with van der Waals surface area (Å²) in [5.74, 6) is -0.395. The Labute approximate surface area is 113 Å². The van der Waals surface area contributed by atoms with E-state index in [1.165, 1.54) is 0 Å². The van der Waals surface area contributed by atoms with Crippen molar-refractivity contribution in [3.05, 3.63) is 25.4 Å². The van der Waals surface area contributed by atoms with Crippen LogP contribution in [0.5, 0.6) is 0 Å². The molecule has 0 unspecified atom stereocenters. The van der Waals surface area contributed by atoms with Crippen LogP contribution < -0.4 is 11.2 Å². The molecule has 0 aliphatic carbocycles. The Morgan fingerprint density at radius 2 is 1.94 bits per heavy atom. The number of aromatic amines is 1. The number of carbonyl (C=O) groups is 1. The van der Waals surface area contributed by atoms with Crippen molar-refractivity contribution >= 4 is 21.8 Å². The van der Waals surface area contributed by atoms with E-state index in [1.807, 2.05) is 4.98 Å². The van der Waals surface area contributed by atoms with Gasteiger partial charge in [-0.1, -0.05) is 32.6 Å². The van der Waals surface area contributed by atoms with Gasteiger partial charge in [0.25, 0.3) is 11.5 Å². The molecule has 6 nitrogen and oxygen atoms in total. The highest BCUT2D eigenvalue weighted by molar-refractivity contribution is 9.10. The molecule has 0 aliphatic rings. The monoisotopic (exact) mass is 317 g/mol. The zero-order chi connectivity index (χ0) is 13.5. The minimum Gasteiger partial charge on any atom is -0.272 e. The summed E-state index contributed by atoms with van der Waals surface area (Å²) >= 11 is 2.88. The molecule has 0 atom stereocenters. The molecule has 0 saturated heterocycles. The Morgan fingerprint density at radius 3 is 2.61 bits per heavy atom. The largest absolute Gasteiger partial charge is 0.352 e. The first-order valence-electron chi connectivity index (χ1n) is 5.98. The maximum Gasteiger partial charge on any atom is 0.352 e. The van der Waals surface area contributed by atoms with Gasteiger partial charge >= 0.3 is 5.69 Å². The molecule has 1 heterocycles. The Bertz CT molecular complexity index is 521. The average Bonchev–Trinajstić information content (AvgIpc) is 2.33. The lowest BCUT2D eigenvalue weighted by Gasteiger charge is -2.02. The van der Waals surface area contributed by atoms with Crippen LogP contribution in [0, 0.1) is 0 Å². The van der Waals surface area contributed by atoms with E-state index in [-0.39, 0.29) is 11.0 Å². The van der Waals surface area contributed by atoms with Crippen molar-refractivity contribution in [2.24, 2.45) is 0 Å². The van der Waals surface area contributed by atoms with Crippen molar-refractivity contribution in [3.8, 4) is 0 Å². The van der Waals surface area contributed by atoms with Crippen molar-refractivity contribution in [3.63, 3.8) is 0 Å². The number of H-pyrrole nitrogens is 1. The highest BCUT2D eigenvalue weighted by atomic mass is 79.9. The SMILES string of the molecule is CCCCCCCC(=O)n1nc(Br)c(=O)[nH]c1=O. The minimum absolute atomic E-state index is 0.0681. The lowest BCUT2D eigenvalue weighted by molar-refractivity contribution is 0.0873. The number of rotatable bonds is 6. The van der Waals surface area contributed by atoms with E-state index in [4.69, 9.17) is 0 Å². The van der Waals surface area contributed by atoms with Gasteiger partial charge < -0.3 is 0 Å². The van der Waals surface area contributed by atoms with E-state index in [2.05, 4.69) is 28.0 Å². The molecule has 0 bridgehead atoms. The third-order valence-corrected chi connectivity index (χ3v) is 3.04. The number of nitrogens with zero attached hydrogens (tertiary/aromatic N) is 2. The molecule has 0 amide bonds. The molecule has 0 spiro atoms. The van der Waals surface area contributed by atoms with Gasteiger partial charge in [0.15, 0.2) is 4.60 Å². The van der Waals surface area contributed by atoms with Gasteiger partial charge in [-0.25, -0.2) is 4.79 Å². The van der Waals surface area contributed by atoms with Crippen LogP contribution in [-0.4, -0.2) is 20.7 Å². The van der Waals surface area contributed by atoms with Gasteiger partial charge in [0.2, 0.25) is 0 Å². The highest BCUT2D eigenvalue weighted by Gasteiger charge is 2.11. The maximum atomic E-state index is 11.7. The number of halogens is 1. The predicted octanol–water partition coefficient (Wildman–Crippen LogP) is 1.69. The molecule has 18 heavy (non-hydrogen) atoms. The molecule has 1 N–H and O–H groups in total. The summed E-state index contributed by atoms with van der Waals surface area (Å²) in [7, 11) is 0. The molecule has 1 aromatic rings. The van der Waals surface area contributed by atoms with Crippen LogP contribution in [0.25, 0.3) is 0 Å². The molecule has 0 aromatic carbocycles. The van der Waals surface area contributed by atoms with Crippen LogP contribution in [-0.2, 0) is 0 Å². The van der Waals surface area contributed by atoms with Crippen molar-refractivity contribution in [2.45, 2.75) is 45.4 Å². The number of carbonyl (C=O) groups excluding carboxylic acids is 1. The van der Waals surface area contributed by atoms with Crippen LogP contribution in [0.3, 0.4) is 0 Å². The molecular formula is C11H16BrN3O3. The molecule has 0 fully saturated rings. The summed E-state index contributed by atoms with van der Waals surface area (Å²) in [5.41, 5.74) is -1.42. The average molecular weight is 318 g/mol. The first kappa shape index (κ1) is 14.8. The van der Waals surface area contributed by atoms with Crippen molar-refractivity contribution in [1.82, 2.24) is 14.8 Å². The Hall–Kier alpha value is -1.24. The second kappa shape index (κ2) is 7.25. The fourth-order valence-corrected chi connectivity index (χ4v) is 1.79. The molecule has 0 radical (unpaired) electrons. The number of nitrogens with one attached hydrogen (secondary N) is 1. The maximum absolute atomic E-state index is 11.7. The van der Waals surface area contributed by atoms with E-state index >= 15 is 0 Å². The van der Waals surface area contributed by atoms with Crippen LogP contribution in [0.15, 0.2) is 14.2 Å². The summed E-state index contributed by atoms with van der Waals surface area (Å²) in [5, 5.41) is 3.61. The van der Waals surface area contributed by atoms with Gasteiger partial charge in [-0.15, -0.1) is 9.78 Å². The van der Waals surface area contributed by atoms with E-state index in [1.54, 1.807) is 0 Å². The van der Waals surface area contributed by atoms with Crippen LogP contribution in [0.2, 0.25) is 0 Å². The summed E-state index contributed by atoms with van der Waals surface area (Å²) in [6.45, 7) is 2.12. The van der Waals surface area contributed by atoms with Crippen LogP contribution >= 0.6 is 15.9 Å². The van der Waals surface area contributed by atoms with E-state index in [9.17, 15) is 14.4 Å². The fourth-order valence-electron chi connectivity index (χ4n) is 1.53. The minimum atomic E-state index is -0.790. The van der Waals surface area contributed by atoms with Crippen molar-refractivity contribution in [2.75, 3.05) is 0 Å². The first-order chi connectivity index (χ1) is 8.56. The Morgan fingerprint density at radius 1 is 1.28 bits per heavy atom. The topological polar surface area (TPSA) is 84.8 Å². The number of hydrogen-bond donors (Lipinski definition) is 1. The van der Waals surface area contributed by atoms with Crippen LogP contribution in [0.4, 0.5) is 0 Å². The standard InChI is InChI=1S/C11H16BrN3O3/c1-2-3-4-5-6-7-8(16)15-11(18)13-10(17)9(12)14-15/h2-7H2,1H3,(H,13,17,18). The number of unbranched alkanes of at least 4 members (excludes halogenated alkanes) is 4. The molecule has 100 valence electrons. The molecular weight excluding hydrogens is 302 g/mol. The number of aromatic nitrogens is 3. The summed E-state index contributed by atoms with van der Waals surface area (Å²) < 4.78 is 0.632. The predicted molar refractivity (Wildman–Crippen MR) is 70.8 cm³/mol. The van der Waals surface area contributed by atoms with Gasteiger partial charge in [0, 0.05) is 6.42 Å². The van der Waals surface area contributed by atoms with E-state index in [0.29, 0.717) is 4.68 Å². The van der Waals surface area contributed by atoms with Gasteiger partial charge in [-0.3, -0.25) is 14.6 Å². The second-order valence-electron chi connectivity index (χ2n) is 4.02. The zero-order valence-electron chi connectivity index (χ0n) is 10.2. The third-order valence-electron chi connectivity index (χ3n) is 2.52. The Balaban J connectivity index is 2.60. The normalized spacial score (nSPS) is 10.6. The lowest BCUT2D eigenvalue weighted by atomic mass is 10.1. The third kappa shape index (κ3) is 4.21. The van der Waals surface area contributed by atoms with Gasteiger partial charge in [-0.05, 0) is 22.4 Å². The Kier molecular flexibility index (Phi) is 5.97. The molecule has 1 aromatic heterocycles. The van der Waals surface area contributed by atoms with Gasteiger partial charge in [0.1, 0.15) is 0 Å². The lowest BCUT2D eigenvalue weighted by Crippen LogP contribution is -2.36. The highest BCUT2D eigenvalue weighted by Crippen LogP contribution is 2.05. The van der Waals surface area contributed by atoms with Gasteiger partial charge in [0.05, 0.1) is 0 Å². The summed E-state index contributed by atoms with van der Waals surface area (Å²) in [4.78, 5) is 36.2. The quantitative estimate of drug-likeness (QED) is 0.809. The van der Waals surface area contributed by atoms with E-state index < -0.39 is 17.2 Å². The van der Waals surface area contributed by atoms with Crippen LogP contribution in [0.1, 0.15) is 50.2 Å².